The van der Waals surface area contributed by atoms with Crippen molar-refractivity contribution >= 4 is 34.8 Å². The molecular weight excluding hydrogens is 417 g/mol. The van der Waals surface area contributed by atoms with Crippen molar-refractivity contribution in [2.24, 2.45) is 0 Å². The lowest BCUT2D eigenvalue weighted by molar-refractivity contribution is 0.281. The van der Waals surface area contributed by atoms with Gasteiger partial charge in [-0.25, -0.2) is 0 Å². The van der Waals surface area contributed by atoms with E-state index >= 15 is 0 Å². The van der Waals surface area contributed by atoms with Crippen LogP contribution >= 0.6 is 34.8 Å². The standard InChI is InChI=1S/C22H20Cl3NO2/c1-27-21-11-4-7-16(13-26-12-15-6-2-3-8-18(15)23)22(21)28-14-17-19(24)9-5-10-20(17)25/h2-11,26H,12-14H2,1H3. The van der Waals surface area contributed by atoms with Gasteiger partial charge in [0.1, 0.15) is 6.61 Å². The van der Waals surface area contributed by atoms with Gasteiger partial charge in [-0.1, -0.05) is 71.2 Å². The lowest BCUT2D eigenvalue weighted by atomic mass is 10.1. The summed E-state index contributed by atoms with van der Waals surface area (Å²) in [6, 6.07) is 18.9. The van der Waals surface area contributed by atoms with Crippen LogP contribution < -0.4 is 14.8 Å². The smallest absolute Gasteiger partial charge is 0.166 e. The summed E-state index contributed by atoms with van der Waals surface area (Å²) >= 11 is 18.7. The summed E-state index contributed by atoms with van der Waals surface area (Å²) in [5.41, 5.74) is 2.75. The van der Waals surface area contributed by atoms with Gasteiger partial charge < -0.3 is 14.8 Å². The van der Waals surface area contributed by atoms with E-state index in [1.165, 1.54) is 0 Å². The van der Waals surface area contributed by atoms with E-state index in [0.717, 1.165) is 21.7 Å². The van der Waals surface area contributed by atoms with Crippen molar-refractivity contribution in [3.8, 4) is 11.5 Å². The molecule has 0 aliphatic rings. The maximum atomic E-state index is 6.25. The number of rotatable bonds is 8. The molecule has 0 aromatic heterocycles. The van der Waals surface area contributed by atoms with Crippen molar-refractivity contribution in [2.75, 3.05) is 7.11 Å². The van der Waals surface area contributed by atoms with Crippen LogP contribution in [0.5, 0.6) is 11.5 Å². The Morgan fingerprint density at radius 3 is 2.07 bits per heavy atom. The van der Waals surface area contributed by atoms with Crippen LogP contribution in [0.25, 0.3) is 0 Å². The number of halogens is 3. The van der Waals surface area contributed by atoms with Gasteiger partial charge in [-0.05, 0) is 29.8 Å². The van der Waals surface area contributed by atoms with Gasteiger partial charge >= 0.3 is 0 Å². The van der Waals surface area contributed by atoms with E-state index in [4.69, 9.17) is 44.3 Å². The molecule has 1 N–H and O–H groups in total. The second-order valence-electron chi connectivity index (χ2n) is 6.13. The van der Waals surface area contributed by atoms with Crippen LogP contribution in [-0.4, -0.2) is 7.11 Å². The molecule has 0 atom stereocenters. The van der Waals surface area contributed by atoms with Gasteiger partial charge in [-0.2, -0.15) is 0 Å². The Hall–Kier alpha value is -1.91. The van der Waals surface area contributed by atoms with Crippen molar-refractivity contribution in [1.29, 1.82) is 0 Å². The third kappa shape index (κ3) is 5.12. The number of hydrogen-bond acceptors (Lipinski definition) is 3. The molecule has 0 spiro atoms. The molecule has 3 nitrogen and oxygen atoms in total. The number of hydrogen-bond donors (Lipinski definition) is 1. The van der Waals surface area contributed by atoms with E-state index < -0.39 is 0 Å². The zero-order valence-corrected chi connectivity index (χ0v) is 17.6. The normalized spacial score (nSPS) is 10.7. The van der Waals surface area contributed by atoms with Gasteiger partial charge in [0.15, 0.2) is 11.5 Å². The highest BCUT2D eigenvalue weighted by molar-refractivity contribution is 6.36. The molecule has 0 aliphatic carbocycles. The molecule has 0 aliphatic heterocycles. The molecule has 0 saturated carbocycles. The van der Waals surface area contributed by atoms with Crippen molar-refractivity contribution in [2.45, 2.75) is 19.7 Å². The Balaban J connectivity index is 1.74. The van der Waals surface area contributed by atoms with Gasteiger partial charge in [-0.15, -0.1) is 0 Å². The SMILES string of the molecule is COc1cccc(CNCc2ccccc2Cl)c1OCc1c(Cl)cccc1Cl. The van der Waals surface area contributed by atoms with Gasteiger partial charge in [0.25, 0.3) is 0 Å². The molecule has 146 valence electrons. The number of benzene rings is 3. The first kappa shape index (κ1) is 20.8. The zero-order chi connectivity index (χ0) is 19.9. The summed E-state index contributed by atoms with van der Waals surface area (Å²) in [5.74, 6) is 1.31. The number of para-hydroxylation sites is 1. The number of methoxy groups -OCH3 is 1. The van der Waals surface area contributed by atoms with Gasteiger partial charge in [0.05, 0.1) is 7.11 Å². The van der Waals surface area contributed by atoms with Crippen LogP contribution in [-0.2, 0) is 19.7 Å². The molecule has 3 rings (SSSR count). The van der Waals surface area contributed by atoms with Crippen molar-refractivity contribution < 1.29 is 9.47 Å². The predicted molar refractivity (Wildman–Crippen MR) is 116 cm³/mol. The highest BCUT2D eigenvalue weighted by atomic mass is 35.5. The Morgan fingerprint density at radius 2 is 1.36 bits per heavy atom. The van der Waals surface area contributed by atoms with E-state index in [-0.39, 0.29) is 6.61 Å². The fourth-order valence-electron chi connectivity index (χ4n) is 2.81. The van der Waals surface area contributed by atoms with E-state index in [2.05, 4.69) is 5.32 Å². The van der Waals surface area contributed by atoms with Crippen LogP contribution in [0.4, 0.5) is 0 Å². The summed E-state index contributed by atoms with van der Waals surface area (Å²) in [5, 5.41) is 5.28. The summed E-state index contributed by atoms with van der Waals surface area (Å²) in [6.07, 6.45) is 0. The highest BCUT2D eigenvalue weighted by Crippen LogP contribution is 2.33. The molecule has 0 heterocycles. The van der Waals surface area contributed by atoms with Crippen LogP contribution in [0.1, 0.15) is 16.7 Å². The Kier molecular flexibility index (Phi) is 7.46. The van der Waals surface area contributed by atoms with E-state index in [1.807, 2.05) is 42.5 Å². The monoisotopic (exact) mass is 435 g/mol. The molecule has 0 amide bonds. The average Bonchev–Trinajstić information content (AvgIpc) is 2.69. The van der Waals surface area contributed by atoms with Crippen LogP contribution in [0.2, 0.25) is 15.1 Å². The minimum Gasteiger partial charge on any atom is -0.493 e. The molecule has 6 heteroatoms. The molecule has 0 saturated heterocycles. The van der Waals surface area contributed by atoms with Crippen molar-refractivity contribution in [3.05, 3.63) is 92.4 Å². The Labute approximate surface area is 180 Å². The first-order valence-electron chi connectivity index (χ1n) is 8.76. The molecule has 28 heavy (non-hydrogen) atoms. The molecule has 0 radical (unpaired) electrons. The third-order valence-corrected chi connectivity index (χ3v) is 5.37. The first-order chi connectivity index (χ1) is 13.6. The van der Waals surface area contributed by atoms with E-state index in [9.17, 15) is 0 Å². The Morgan fingerprint density at radius 1 is 0.750 bits per heavy atom. The second-order valence-corrected chi connectivity index (χ2v) is 7.35. The third-order valence-electron chi connectivity index (χ3n) is 4.29. The van der Waals surface area contributed by atoms with Crippen LogP contribution in [0, 0.1) is 0 Å². The predicted octanol–water partition coefficient (Wildman–Crippen LogP) is 6.52. The van der Waals surface area contributed by atoms with Crippen molar-refractivity contribution in [3.63, 3.8) is 0 Å². The summed E-state index contributed by atoms with van der Waals surface area (Å²) in [4.78, 5) is 0. The summed E-state index contributed by atoms with van der Waals surface area (Å²) < 4.78 is 11.6. The average molecular weight is 437 g/mol. The molecule has 0 bridgehead atoms. The highest BCUT2D eigenvalue weighted by Gasteiger charge is 2.13. The second kappa shape index (κ2) is 10.0. The lowest BCUT2D eigenvalue weighted by Gasteiger charge is -2.17. The summed E-state index contributed by atoms with van der Waals surface area (Å²) in [6.45, 7) is 1.48. The van der Waals surface area contributed by atoms with Gasteiger partial charge in [-0.3, -0.25) is 0 Å². The minimum atomic E-state index is 0.246. The van der Waals surface area contributed by atoms with Gasteiger partial charge in [0.2, 0.25) is 0 Å². The number of ether oxygens (including phenoxy) is 2. The molecule has 0 fully saturated rings. The largest absolute Gasteiger partial charge is 0.493 e. The zero-order valence-electron chi connectivity index (χ0n) is 15.3. The van der Waals surface area contributed by atoms with Gasteiger partial charge in [0, 0.05) is 39.3 Å². The fraction of sp³-hybridized carbons (Fsp3) is 0.182. The minimum absolute atomic E-state index is 0.246. The fourth-order valence-corrected chi connectivity index (χ4v) is 3.52. The molecule has 3 aromatic rings. The first-order valence-corrected chi connectivity index (χ1v) is 9.89. The maximum absolute atomic E-state index is 6.25. The lowest BCUT2D eigenvalue weighted by Crippen LogP contribution is -2.14. The number of nitrogens with one attached hydrogen (secondary N) is 1. The summed E-state index contributed by atoms with van der Waals surface area (Å²) in [7, 11) is 1.62. The topological polar surface area (TPSA) is 30.5 Å². The van der Waals surface area contributed by atoms with E-state index in [1.54, 1.807) is 25.3 Å². The van der Waals surface area contributed by atoms with Crippen LogP contribution in [0.15, 0.2) is 60.7 Å². The maximum Gasteiger partial charge on any atom is 0.166 e. The quantitative estimate of drug-likeness (QED) is 0.436. The Bertz CT molecular complexity index is 927. The van der Waals surface area contributed by atoms with Crippen molar-refractivity contribution in [1.82, 2.24) is 5.32 Å². The molecule has 0 unspecified atom stereocenters. The van der Waals surface area contributed by atoms with Crippen LogP contribution in [0.3, 0.4) is 0 Å². The molecular formula is C22H20Cl3NO2. The molecule has 3 aromatic carbocycles. The van der Waals surface area contributed by atoms with E-state index in [0.29, 0.717) is 34.6 Å².